The van der Waals surface area contributed by atoms with Gasteiger partial charge in [-0.05, 0) is 66.5 Å². The van der Waals surface area contributed by atoms with Gasteiger partial charge in [0.1, 0.15) is 6.61 Å². The van der Waals surface area contributed by atoms with Gasteiger partial charge in [0, 0.05) is 12.5 Å². The molecule has 0 radical (unpaired) electrons. The van der Waals surface area contributed by atoms with Crippen LogP contribution in [0.5, 0.6) is 0 Å². The third-order valence-corrected chi connectivity index (χ3v) is 8.41. The average molecular weight is 547 g/mol. The third kappa shape index (κ3) is 5.33. The van der Waals surface area contributed by atoms with Crippen LogP contribution in [0.25, 0.3) is 28.5 Å². The van der Waals surface area contributed by atoms with Crippen molar-refractivity contribution in [3.63, 3.8) is 0 Å². The van der Waals surface area contributed by atoms with E-state index >= 15 is 0 Å². The molecular formula is C33H34BN3O4. The Morgan fingerprint density at radius 2 is 1.56 bits per heavy atom. The zero-order valence-electron chi connectivity index (χ0n) is 23.8. The Hall–Kier alpha value is -4.14. The summed E-state index contributed by atoms with van der Waals surface area (Å²) in [5.74, 6) is -0.000328. The molecule has 1 fully saturated rings. The molecule has 7 nitrogen and oxygen atoms in total. The monoisotopic (exact) mass is 547 g/mol. The van der Waals surface area contributed by atoms with Crippen LogP contribution in [-0.4, -0.2) is 47.5 Å². The predicted octanol–water partition coefficient (Wildman–Crippen LogP) is 6.63. The normalized spacial score (nSPS) is 17.3. The van der Waals surface area contributed by atoms with E-state index < -0.39 is 24.4 Å². The molecular weight excluding hydrogens is 513 g/mol. The quantitative estimate of drug-likeness (QED) is 0.254. The minimum Gasteiger partial charge on any atom is -0.449 e. The van der Waals surface area contributed by atoms with Crippen LogP contribution in [0.2, 0.25) is 0 Å². The van der Waals surface area contributed by atoms with Crippen LogP contribution in [0.3, 0.4) is 0 Å². The Morgan fingerprint density at radius 1 is 0.951 bits per heavy atom. The molecule has 1 aliphatic heterocycles. The van der Waals surface area contributed by atoms with Gasteiger partial charge in [-0.1, -0.05) is 78.9 Å². The highest BCUT2D eigenvalue weighted by Gasteiger charge is 2.52. The lowest BCUT2D eigenvalue weighted by atomic mass is 9.77. The number of hydrogen-bond donors (Lipinski definition) is 2. The van der Waals surface area contributed by atoms with E-state index in [0.29, 0.717) is 0 Å². The SMILES string of the molecule is CC1(C)OB(C(=Cc2ccc(-c3cnc[nH]3)cc2)CNC(=O)OCC2c3ccccc3-c3ccccc32)OC1(C)C. The van der Waals surface area contributed by atoms with E-state index in [1.54, 1.807) is 12.5 Å². The lowest BCUT2D eigenvalue weighted by Crippen LogP contribution is -2.41. The van der Waals surface area contributed by atoms with Gasteiger partial charge in [-0.3, -0.25) is 0 Å². The molecule has 208 valence electrons. The summed E-state index contributed by atoms with van der Waals surface area (Å²) < 4.78 is 18.4. The van der Waals surface area contributed by atoms with Crippen LogP contribution >= 0.6 is 0 Å². The first-order chi connectivity index (χ1) is 19.7. The minimum absolute atomic E-state index is 0.000328. The number of aromatic amines is 1. The molecule has 0 saturated carbocycles. The van der Waals surface area contributed by atoms with Crippen LogP contribution in [0.1, 0.15) is 50.3 Å². The number of fused-ring (bicyclic) bond motifs is 3. The van der Waals surface area contributed by atoms with Gasteiger partial charge < -0.3 is 24.3 Å². The summed E-state index contributed by atoms with van der Waals surface area (Å²) in [5.41, 5.74) is 7.48. The lowest BCUT2D eigenvalue weighted by molar-refractivity contribution is 0.00578. The Bertz CT molecular complexity index is 1520. The number of ether oxygens (including phenoxy) is 1. The van der Waals surface area contributed by atoms with E-state index in [2.05, 4.69) is 39.6 Å². The van der Waals surface area contributed by atoms with Gasteiger partial charge in [0.25, 0.3) is 0 Å². The fourth-order valence-electron chi connectivity index (χ4n) is 5.41. The summed E-state index contributed by atoms with van der Waals surface area (Å²) in [7, 11) is -0.610. The lowest BCUT2D eigenvalue weighted by Gasteiger charge is -2.32. The first-order valence-electron chi connectivity index (χ1n) is 14.0. The second kappa shape index (κ2) is 10.7. The van der Waals surface area contributed by atoms with Crippen molar-refractivity contribution in [1.82, 2.24) is 15.3 Å². The summed E-state index contributed by atoms with van der Waals surface area (Å²) in [6, 6.07) is 24.7. The van der Waals surface area contributed by atoms with Gasteiger partial charge in [-0.25, -0.2) is 9.78 Å². The van der Waals surface area contributed by atoms with Crippen molar-refractivity contribution >= 4 is 19.3 Å². The molecule has 8 heteroatoms. The average Bonchev–Trinajstić information content (AvgIpc) is 3.66. The van der Waals surface area contributed by atoms with Crippen LogP contribution in [0.4, 0.5) is 4.79 Å². The molecule has 0 spiro atoms. The molecule has 41 heavy (non-hydrogen) atoms. The van der Waals surface area contributed by atoms with Gasteiger partial charge in [0.2, 0.25) is 0 Å². The number of alkyl carbamates (subject to hydrolysis) is 1. The van der Waals surface area contributed by atoms with E-state index in [9.17, 15) is 4.79 Å². The van der Waals surface area contributed by atoms with E-state index in [4.69, 9.17) is 14.0 Å². The molecule has 0 atom stereocenters. The van der Waals surface area contributed by atoms with E-state index in [1.807, 2.05) is 82.3 Å². The van der Waals surface area contributed by atoms with Crippen molar-refractivity contribution in [3.8, 4) is 22.4 Å². The Morgan fingerprint density at radius 3 is 2.15 bits per heavy atom. The molecule has 4 aromatic rings. The number of H-pyrrole nitrogens is 1. The smallest absolute Gasteiger partial charge is 0.449 e. The fraction of sp³-hybridized carbons (Fsp3) is 0.273. The van der Waals surface area contributed by atoms with Crippen molar-refractivity contribution in [2.24, 2.45) is 0 Å². The van der Waals surface area contributed by atoms with E-state index in [0.717, 1.165) is 22.3 Å². The second-order valence-corrected chi connectivity index (χ2v) is 11.6. The topological polar surface area (TPSA) is 85.5 Å². The Balaban J connectivity index is 1.17. The second-order valence-electron chi connectivity index (χ2n) is 11.6. The zero-order valence-corrected chi connectivity index (χ0v) is 23.8. The molecule has 6 rings (SSSR count). The van der Waals surface area contributed by atoms with Crippen molar-refractivity contribution in [2.45, 2.75) is 44.8 Å². The number of amides is 1. The molecule has 0 bridgehead atoms. The maximum absolute atomic E-state index is 13.0. The number of nitrogens with zero attached hydrogens (tertiary/aromatic N) is 1. The maximum Gasteiger partial charge on any atom is 0.492 e. The third-order valence-electron chi connectivity index (χ3n) is 8.41. The molecule has 1 saturated heterocycles. The van der Waals surface area contributed by atoms with Gasteiger partial charge >= 0.3 is 13.2 Å². The zero-order chi connectivity index (χ0) is 28.6. The summed E-state index contributed by atoms with van der Waals surface area (Å²) in [6.07, 6.45) is 4.97. The summed E-state index contributed by atoms with van der Waals surface area (Å²) in [6.45, 7) is 8.54. The fourth-order valence-corrected chi connectivity index (χ4v) is 5.41. The Labute approximate surface area is 241 Å². The van der Waals surface area contributed by atoms with Gasteiger partial charge in [-0.2, -0.15) is 0 Å². The highest BCUT2D eigenvalue weighted by atomic mass is 16.7. The largest absolute Gasteiger partial charge is 0.492 e. The van der Waals surface area contributed by atoms with Crippen LogP contribution < -0.4 is 5.32 Å². The molecule has 1 amide bonds. The van der Waals surface area contributed by atoms with Gasteiger partial charge in [0.05, 0.1) is 29.4 Å². The summed E-state index contributed by atoms with van der Waals surface area (Å²) >= 11 is 0. The standard InChI is InChI=1S/C33H34BN3O4/c1-32(2)33(3,4)41-34(40-32)24(17-22-13-15-23(16-14-22)30-19-35-21-37-30)18-36-31(38)39-20-29-27-11-7-5-9-25(27)26-10-6-8-12-28(26)29/h5-17,19,21,29H,18,20H2,1-4H3,(H,35,37)(H,36,38). The number of carbonyl (C=O) groups excluding carboxylic acids is 1. The van der Waals surface area contributed by atoms with Crippen molar-refractivity contribution < 1.29 is 18.8 Å². The number of rotatable bonds is 7. The highest BCUT2D eigenvalue weighted by Crippen LogP contribution is 2.44. The summed E-state index contributed by atoms with van der Waals surface area (Å²) in [5, 5.41) is 2.94. The van der Waals surface area contributed by atoms with Crippen molar-refractivity contribution in [3.05, 3.63) is 107 Å². The first kappa shape index (κ1) is 27.1. The number of hydrogen-bond acceptors (Lipinski definition) is 5. The van der Waals surface area contributed by atoms with Gasteiger partial charge in [0.15, 0.2) is 0 Å². The molecule has 1 aliphatic carbocycles. The molecule has 3 aromatic carbocycles. The van der Waals surface area contributed by atoms with Crippen molar-refractivity contribution in [2.75, 3.05) is 13.2 Å². The number of imidazole rings is 1. The number of carbonyl (C=O) groups is 1. The first-order valence-corrected chi connectivity index (χ1v) is 14.0. The molecule has 1 aromatic heterocycles. The highest BCUT2D eigenvalue weighted by molar-refractivity contribution is 6.56. The predicted molar refractivity (Wildman–Crippen MR) is 161 cm³/mol. The number of nitrogens with one attached hydrogen (secondary N) is 2. The van der Waals surface area contributed by atoms with E-state index in [-0.39, 0.29) is 19.1 Å². The van der Waals surface area contributed by atoms with Gasteiger partial charge in [-0.15, -0.1) is 0 Å². The molecule has 2 N–H and O–H groups in total. The Kier molecular flexibility index (Phi) is 7.05. The van der Waals surface area contributed by atoms with Crippen LogP contribution in [0, 0.1) is 0 Å². The maximum atomic E-state index is 13.0. The summed E-state index contributed by atoms with van der Waals surface area (Å²) in [4.78, 5) is 20.2. The number of benzene rings is 3. The number of aromatic nitrogens is 2. The molecule has 2 aliphatic rings. The minimum atomic E-state index is -0.610. The van der Waals surface area contributed by atoms with E-state index in [1.165, 1.54) is 22.3 Å². The van der Waals surface area contributed by atoms with Crippen molar-refractivity contribution in [1.29, 1.82) is 0 Å². The molecule has 0 unspecified atom stereocenters. The van der Waals surface area contributed by atoms with Crippen LogP contribution in [0.15, 0.2) is 90.8 Å². The van der Waals surface area contributed by atoms with Crippen LogP contribution in [-0.2, 0) is 14.0 Å². The molecule has 2 heterocycles.